The molecule has 0 spiro atoms. The molecule has 7 heteroatoms. The average molecular weight is 352 g/mol. The van der Waals surface area contributed by atoms with Crippen molar-refractivity contribution in [3.63, 3.8) is 0 Å². The first kappa shape index (κ1) is 19.7. The van der Waals surface area contributed by atoms with Crippen molar-refractivity contribution in [3.05, 3.63) is 17.0 Å². The van der Waals surface area contributed by atoms with Crippen LogP contribution in [-0.4, -0.2) is 50.1 Å². The maximum absolute atomic E-state index is 5.67. The van der Waals surface area contributed by atoms with E-state index < -0.39 is 0 Å². The van der Waals surface area contributed by atoms with E-state index in [1.54, 1.807) is 0 Å². The Balaban J connectivity index is 1.78. The van der Waals surface area contributed by atoms with E-state index in [0.717, 1.165) is 61.8 Å². The van der Waals surface area contributed by atoms with E-state index in [1.807, 2.05) is 0 Å². The smallest absolute Gasteiger partial charge is 0.191 e. The Hall–Kier alpha value is -1.60. The van der Waals surface area contributed by atoms with Crippen LogP contribution in [0.4, 0.5) is 0 Å². The predicted octanol–water partition coefficient (Wildman–Crippen LogP) is 2.05. The molecule has 0 aromatic carbocycles. The van der Waals surface area contributed by atoms with E-state index in [4.69, 9.17) is 14.0 Å². The van der Waals surface area contributed by atoms with Crippen molar-refractivity contribution < 1.29 is 14.0 Å². The van der Waals surface area contributed by atoms with Gasteiger partial charge in [0, 0.05) is 31.7 Å². The summed E-state index contributed by atoms with van der Waals surface area (Å²) in [5, 5.41) is 10.7. The molecule has 2 rings (SSSR count). The molecule has 0 bridgehead atoms. The van der Waals surface area contributed by atoms with Crippen molar-refractivity contribution >= 4 is 5.96 Å². The molecule has 1 atom stereocenters. The summed E-state index contributed by atoms with van der Waals surface area (Å²) in [6.45, 7) is 10.5. The standard InChI is InChI=1S/C18H32N4O3/c1-4-16-15(17(5-2)25-22-16)12-21-18(19-6-3)20-9-11-23-13-14-8-7-10-24-14/h14H,4-13H2,1-3H3,(H2,19,20,21). The number of nitrogens with zero attached hydrogens (tertiary/aromatic N) is 2. The summed E-state index contributed by atoms with van der Waals surface area (Å²) in [6, 6.07) is 0. The van der Waals surface area contributed by atoms with E-state index in [-0.39, 0.29) is 6.10 Å². The van der Waals surface area contributed by atoms with Crippen molar-refractivity contribution in [2.75, 3.05) is 32.9 Å². The molecule has 7 nitrogen and oxygen atoms in total. The van der Waals surface area contributed by atoms with Gasteiger partial charge in [0.2, 0.25) is 0 Å². The van der Waals surface area contributed by atoms with E-state index in [1.165, 1.54) is 0 Å². The van der Waals surface area contributed by atoms with Crippen LogP contribution in [0, 0.1) is 0 Å². The van der Waals surface area contributed by atoms with Crippen molar-refractivity contribution in [2.24, 2.45) is 4.99 Å². The molecule has 1 saturated heterocycles. The highest BCUT2D eigenvalue weighted by atomic mass is 16.5. The first-order chi connectivity index (χ1) is 12.3. The molecule has 1 aromatic rings. The lowest BCUT2D eigenvalue weighted by Gasteiger charge is -2.13. The Morgan fingerprint density at radius 2 is 2.16 bits per heavy atom. The second-order valence-corrected chi connectivity index (χ2v) is 6.07. The van der Waals surface area contributed by atoms with Gasteiger partial charge in [-0.15, -0.1) is 0 Å². The molecule has 1 aliphatic heterocycles. The summed E-state index contributed by atoms with van der Waals surface area (Å²) in [5.74, 6) is 1.71. The summed E-state index contributed by atoms with van der Waals surface area (Å²) in [4.78, 5) is 4.66. The first-order valence-corrected chi connectivity index (χ1v) is 9.46. The largest absolute Gasteiger partial charge is 0.377 e. The number of hydrogen-bond donors (Lipinski definition) is 2. The molecule has 0 saturated carbocycles. The molecule has 2 N–H and O–H groups in total. The van der Waals surface area contributed by atoms with Crippen molar-refractivity contribution in [1.29, 1.82) is 0 Å². The summed E-state index contributed by atoms with van der Waals surface area (Å²) < 4.78 is 16.6. The predicted molar refractivity (Wildman–Crippen MR) is 97.9 cm³/mol. The molecule has 1 aliphatic rings. The number of guanidine groups is 1. The summed E-state index contributed by atoms with van der Waals surface area (Å²) in [6.07, 6.45) is 4.21. The van der Waals surface area contributed by atoms with E-state index >= 15 is 0 Å². The molecular formula is C18H32N4O3. The van der Waals surface area contributed by atoms with Crippen LogP contribution >= 0.6 is 0 Å². The van der Waals surface area contributed by atoms with Gasteiger partial charge >= 0.3 is 0 Å². The summed E-state index contributed by atoms with van der Waals surface area (Å²) >= 11 is 0. The minimum atomic E-state index is 0.274. The van der Waals surface area contributed by atoms with Crippen LogP contribution in [0.5, 0.6) is 0 Å². The number of hydrogen-bond acceptors (Lipinski definition) is 5. The zero-order chi connectivity index (χ0) is 17.9. The minimum absolute atomic E-state index is 0.274. The Kier molecular flexibility index (Phi) is 8.76. The van der Waals surface area contributed by atoms with Gasteiger partial charge in [-0.2, -0.15) is 0 Å². The van der Waals surface area contributed by atoms with Gasteiger partial charge in [0.1, 0.15) is 5.76 Å². The fraction of sp³-hybridized carbons (Fsp3) is 0.778. The number of aromatic nitrogens is 1. The van der Waals surface area contributed by atoms with E-state index in [0.29, 0.717) is 26.3 Å². The number of nitrogens with one attached hydrogen (secondary N) is 2. The first-order valence-electron chi connectivity index (χ1n) is 9.46. The number of ether oxygens (including phenoxy) is 2. The third kappa shape index (κ3) is 6.32. The summed E-state index contributed by atoms with van der Waals surface area (Å²) in [7, 11) is 0. The zero-order valence-corrected chi connectivity index (χ0v) is 15.8. The topological polar surface area (TPSA) is 80.9 Å². The van der Waals surface area contributed by atoms with Gasteiger partial charge in [0.05, 0.1) is 31.6 Å². The Labute approximate surface area is 150 Å². The Morgan fingerprint density at radius 3 is 2.84 bits per heavy atom. The van der Waals surface area contributed by atoms with Crippen LogP contribution in [0.25, 0.3) is 0 Å². The quantitative estimate of drug-likeness (QED) is 0.381. The van der Waals surface area contributed by atoms with Crippen LogP contribution in [-0.2, 0) is 28.9 Å². The second-order valence-electron chi connectivity index (χ2n) is 6.07. The Bertz CT molecular complexity index is 503. The molecule has 2 heterocycles. The van der Waals surface area contributed by atoms with Crippen LogP contribution in [0.15, 0.2) is 9.52 Å². The van der Waals surface area contributed by atoms with Gasteiger partial charge < -0.3 is 24.6 Å². The van der Waals surface area contributed by atoms with Gasteiger partial charge in [-0.25, -0.2) is 4.99 Å². The second kappa shape index (κ2) is 11.1. The SMILES string of the molecule is CCNC(=NCc1c(CC)noc1CC)NCCOCC1CCCO1. The van der Waals surface area contributed by atoms with Crippen LogP contribution < -0.4 is 10.6 Å². The van der Waals surface area contributed by atoms with Gasteiger partial charge in [-0.05, 0) is 26.2 Å². The average Bonchev–Trinajstić information content (AvgIpc) is 3.28. The van der Waals surface area contributed by atoms with E-state index in [2.05, 4.69) is 41.6 Å². The third-order valence-corrected chi connectivity index (χ3v) is 4.21. The van der Waals surface area contributed by atoms with Crippen molar-refractivity contribution in [2.45, 2.75) is 59.1 Å². The molecule has 1 fully saturated rings. The third-order valence-electron chi connectivity index (χ3n) is 4.21. The molecule has 1 aromatic heterocycles. The Morgan fingerprint density at radius 1 is 1.28 bits per heavy atom. The van der Waals surface area contributed by atoms with Crippen LogP contribution in [0.1, 0.15) is 50.6 Å². The molecular weight excluding hydrogens is 320 g/mol. The number of aliphatic imine (C=N–C) groups is 1. The van der Waals surface area contributed by atoms with Gasteiger partial charge in [-0.1, -0.05) is 19.0 Å². The molecule has 142 valence electrons. The van der Waals surface area contributed by atoms with Crippen molar-refractivity contribution in [3.8, 4) is 0 Å². The lowest BCUT2D eigenvalue weighted by molar-refractivity contribution is 0.0191. The highest BCUT2D eigenvalue weighted by Crippen LogP contribution is 2.16. The van der Waals surface area contributed by atoms with Crippen LogP contribution in [0.3, 0.4) is 0 Å². The highest BCUT2D eigenvalue weighted by molar-refractivity contribution is 5.79. The zero-order valence-electron chi connectivity index (χ0n) is 15.8. The fourth-order valence-electron chi connectivity index (χ4n) is 2.85. The highest BCUT2D eigenvalue weighted by Gasteiger charge is 2.15. The van der Waals surface area contributed by atoms with Gasteiger partial charge in [0.15, 0.2) is 5.96 Å². The lowest BCUT2D eigenvalue weighted by Crippen LogP contribution is -2.39. The molecule has 0 radical (unpaired) electrons. The van der Waals surface area contributed by atoms with Gasteiger partial charge in [0.25, 0.3) is 0 Å². The maximum atomic E-state index is 5.67. The molecule has 1 unspecified atom stereocenters. The van der Waals surface area contributed by atoms with E-state index in [9.17, 15) is 0 Å². The molecule has 0 aliphatic carbocycles. The monoisotopic (exact) mass is 352 g/mol. The number of aryl methyl sites for hydroxylation is 2. The van der Waals surface area contributed by atoms with Crippen molar-refractivity contribution in [1.82, 2.24) is 15.8 Å². The minimum Gasteiger partial charge on any atom is -0.377 e. The molecule has 0 amide bonds. The normalized spacial score (nSPS) is 17.9. The lowest BCUT2D eigenvalue weighted by atomic mass is 10.1. The summed E-state index contributed by atoms with van der Waals surface area (Å²) in [5.41, 5.74) is 2.10. The number of rotatable bonds is 10. The fourth-order valence-corrected chi connectivity index (χ4v) is 2.85. The maximum Gasteiger partial charge on any atom is 0.191 e. The van der Waals surface area contributed by atoms with Crippen LogP contribution in [0.2, 0.25) is 0 Å². The van der Waals surface area contributed by atoms with Gasteiger partial charge in [-0.3, -0.25) is 0 Å². The molecule has 25 heavy (non-hydrogen) atoms.